The summed E-state index contributed by atoms with van der Waals surface area (Å²) in [5.41, 5.74) is 37.5. The van der Waals surface area contributed by atoms with E-state index in [1.807, 2.05) is 36.4 Å². The smallest absolute Gasteiger partial charge is 0.126 e. The molecule has 0 saturated heterocycles. The molecule has 0 aliphatic heterocycles. The van der Waals surface area contributed by atoms with Gasteiger partial charge in [-0.3, -0.25) is 0 Å². The van der Waals surface area contributed by atoms with Crippen molar-refractivity contribution in [1.82, 2.24) is 0 Å². The minimum absolute atomic E-state index is 0.0340. The van der Waals surface area contributed by atoms with E-state index in [1.54, 1.807) is 0 Å². The summed E-state index contributed by atoms with van der Waals surface area (Å²) in [7, 11) is 0. The second-order valence-electron chi connectivity index (χ2n) is 33.2. The third-order valence-corrected chi connectivity index (χ3v) is 25.7. The topological polar surface area (TPSA) is 121 Å². The number of hydrogen-bond donors (Lipinski definition) is 6. The molecule has 6 nitrogen and oxygen atoms in total. The van der Waals surface area contributed by atoms with Gasteiger partial charge in [0.05, 0.1) is 26.4 Å². The molecule has 6 heteroatoms. The number of aliphatic hydroxyl groups is 4. The summed E-state index contributed by atoms with van der Waals surface area (Å²) in [6.07, 6.45) is 8.85. The largest absolute Gasteiger partial charge is 0.507 e. The number of hydrogen-bond acceptors (Lipinski definition) is 6. The zero-order chi connectivity index (χ0) is 74.8. The Balaban J connectivity index is 0.807. The second kappa shape index (κ2) is 25.3. The predicted molar refractivity (Wildman–Crippen MR) is 446 cm³/mol. The van der Waals surface area contributed by atoms with Gasteiger partial charge in [0, 0.05) is 43.9 Å². The van der Waals surface area contributed by atoms with Crippen LogP contribution in [0.2, 0.25) is 0 Å². The highest BCUT2D eigenvalue weighted by molar-refractivity contribution is 6.32. The van der Waals surface area contributed by atoms with Crippen molar-refractivity contribution in [3.05, 3.63) is 320 Å². The molecule has 0 atom stereocenters. The van der Waals surface area contributed by atoms with E-state index < -0.39 is 0 Å². The van der Waals surface area contributed by atoms with E-state index in [2.05, 4.69) is 251 Å². The Morgan fingerprint density at radius 2 is 0.500 bits per heavy atom. The number of aliphatic hydroxyl groups excluding tert-OH is 4. The fourth-order valence-electron chi connectivity index (χ4n) is 19.7. The van der Waals surface area contributed by atoms with Crippen molar-refractivity contribution < 1.29 is 30.6 Å². The Hall–Kier alpha value is -11.0. The maximum absolute atomic E-state index is 10.6. The van der Waals surface area contributed by atoms with Crippen molar-refractivity contribution in [3.8, 4) is 101 Å². The van der Waals surface area contributed by atoms with E-state index in [4.69, 9.17) is 0 Å². The summed E-state index contributed by atoms with van der Waals surface area (Å²) in [6, 6.07) is 78.8. The standard InChI is InChI=1S/C102H90O6/c1-11-57-19-27-71-75-31-23-63(47-91(75)99(3,4)87(71)43-57)83-51-84(64-24-32-76-72-28-20-58(12-2)44-88(72)100(5,6)92(76)48-64)80-36-38-82-86(66-26-34-78-74-30-22-60(46-90(74)102(9,10)94(78)50-66)16-14-18-62-41-69(55-105)98(108)70(42-62)56-106)52-85(81-37-35-79(83)95(80)96(81)82)65-25-33-77-73-29-21-59(45-89(73)101(7,8)93(77)49-65)15-13-17-61-39-67(53-103)97(107)68(40-61)54-104/h11-12,19-52,103-108H,1-2,13-18,53-56H2,3-10H3. The Labute approximate surface area is 633 Å². The average Bonchev–Trinajstić information content (AvgIpc) is 0.757. The Morgan fingerprint density at radius 1 is 0.259 bits per heavy atom. The molecule has 0 amide bonds. The first-order valence-electron chi connectivity index (χ1n) is 38.4. The molecule has 4 aliphatic rings. The van der Waals surface area contributed by atoms with E-state index in [1.165, 1.54) is 177 Å². The second-order valence-corrected chi connectivity index (χ2v) is 33.2. The molecule has 14 aromatic carbocycles. The first-order valence-corrected chi connectivity index (χ1v) is 38.4. The molecule has 0 heterocycles. The normalized spacial score (nSPS) is 14.7. The molecule has 0 radical (unpaired) electrons. The van der Waals surface area contributed by atoms with Gasteiger partial charge in [-0.15, -0.1) is 0 Å². The number of aryl methyl sites for hydroxylation is 4. The van der Waals surface area contributed by atoms with Gasteiger partial charge in [0.15, 0.2) is 0 Å². The van der Waals surface area contributed by atoms with Gasteiger partial charge in [-0.05, 0) is 298 Å². The molecular formula is C102H90O6. The molecular weight excluding hydrogens is 1320 g/mol. The van der Waals surface area contributed by atoms with Crippen molar-refractivity contribution in [2.24, 2.45) is 0 Å². The molecule has 18 rings (SSSR count). The van der Waals surface area contributed by atoms with Gasteiger partial charge in [-0.1, -0.05) is 226 Å². The fraction of sp³-hybridized carbons (Fsp3) is 0.216. The lowest BCUT2D eigenvalue weighted by molar-refractivity contribution is 0.263. The number of phenols is 2. The molecule has 14 aromatic rings. The third kappa shape index (κ3) is 10.5. The van der Waals surface area contributed by atoms with Crippen LogP contribution in [0.15, 0.2) is 219 Å². The van der Waals surface area contributed by atoms with Crippen LogP contribution in [-0.4, -0.2) is 30.6 Å². The maximum Gasteiger partial charge on any atom is 0.126 e. The quantitative estimate of drug-likeness (QED) is 0.0476. The summed E-state index contributed by atoms with van der Waals surface area (Å²) in [6.45, 7) is 26.2. The maximum atomic E-state index is 10.6. The molecule has 4 aliphatic carbocycles. The number of rotatable bonds is 18. The summed E-state index contributed by atoms with van der Waals surface area (Å²) in [4.78, 5) is 0. The first kappa shape index (κ1) is 68.8. The van der Waals surface area contributed by atoms with Crippen LogP contribution in [0.4, 0.5) is 0 Å². The van der Waals surface area contributed by atoms with Crippen LogP contribution in [0.1, 0.15) is 168 Å². The summed E-state index contributed by atoms with van der Waals surface area (Å²) < 4.78 is 0. The lowest BCUT2D eigenvalue weighted by Crippen LogP contribution is -2.15. The molecule has 0 unspecified atom stereocenters. The molecule has 0 bridgehead atoms. The van der Waals surface area contributed by atoms with Gasteiger partial charge in [-0.25, -0.2) is 0 Å². The van der Waals surface area contributed by atoms with Crippen molar-refractivity contribution in [2.45, 2.75) is 142 Å². The lowest BCUT2D eigenvalue weighted by atomic mass is 9.78. The van der Waals surface area contributed by atoms with Crippen LogP contribution in [0.25, 0.3) is 133 Å². The Kier molecular flexibility index (Phi) is 16.1. The van der Waals surface area contributed by atoms with Crippen molar-refractivity contribution >= 4 is 44.5 Å². The van der Waals surface area contributed by atoms with Crippen LogP contribution < -0.4 is 0 Å². The molecule has 108 heavy (non-hydrogen) atoms. The minimum atomic E-state index is -0.322. The van der Waals surface area contributed by atoms with Gasteiger partial charge in [0.1, 0.15) is 11.5 Å². The SMILES string of the molecule is C=Cc1ccc2c(c1)C(C)(C)c1cc(-c3cc(-c4ccc5c(c4)C(C)(C)c4cc(C=C)ccc4-5)c4ccc5c(-c6ccc7c(c6)C(C)(C)c6cc(CCCc8cc(CO)c(O)c(CO)c8)ccc6-7)cc(-c6ccc7c(c6)C(C)(C)c6cc(CCCc8cc(CO)c(O)c(CO)c8)ccc6-7)c6ccc3c4c65)ccc1-2. The third-order valence-electron chi connectivity index (χ3n) is 25.7. The molecule has 0 spiro atoms. The van der Waals surface area contributed by atoms with Crippen molar-refractivity contribution in [2.75, 3.05) is 0 Å². The molecule has 0 aromatic heterocycles. The summed E-state index contributed by atoms with van der Waals surface area (Å²) >= 11 is 0. The highest BCUT2D eigenvalue weighted by Gasteiger charge is 2.41. The Morgan fingerprint density at radius 3 is 0.769 bits per heavy atom. The van der Waals surface area contributed by atoms with Gasteiger partial charge < -0.3 is 30.6 Å². The van der Waals surface area contributed by atoms with Crippen LogP contribution >= 0.6 is 0 Å². The molecule has 534 valence electrons. The van der Waals surface area contributed by atoms with Crippen LogP contribution in [0.5, 0.6) is 11.5 Å². The van der Waals surface area contributed by atoms with E-state index in [0.717, 1.165) is 60.8 Å². The van der Waals surface area contributed by atoms with Gasteiger partial charge in [0.25, 0.3) is 0 Å². The zero-order valence-electron chi connectivity index (χ0n) is 63.0. The van der Waals surface area contributed by atoms with Gasteiger partial charge in [0.2, 0.25) is 0 Å². The lowest BCUT2D eigenvalue weighted by Gasteiger charge is -2.25. The van der Waals surface area contributed by atoms with Crippen LogP contribution in [0, 0.1) is 0 Å². The van der Waals surface area contributed by atoms with E-state index in [-0.39, 0.29) is 59.6 Å². The van der Waals surface area contributed by atoms with Crippen LogP contribution in [0.3, 0.4) is 0 Å². The van der Waals surface area contributed by atoms with E-state index in [9.17, 15) is 30.6 Å². The highest BCUT2D eigenvalue weighted by Crippen LogP contribution is 2.58. The molecule has 0 saturated carbocycles. The number of benzene rings is 14. The van der Waals surface area contributed by atoms with E-state index in [0.29, 0.717) is 22.3 Å². The van der Waals surface area contributed by atoms with Crippen molar-refractivity contribution in [1.29, 1.82) is 0 Å². The van der Waals surface area contributed by atoms with Gasteiger partial charge >= 0.3 is 0 Å². The Bertz CT molecular complexity index is 5770. The molecule has 6 N–H and O–H groups in total. The monoisotopic (exact) mass is 1410 g/mol. The molecule has 0 fully saturated rings. The zero-order valence-corrected chi connectivity index (χ0v) is 63.0. The van der Waals surface area contributed by atoms with Crippen molar-refractivity contribution in [3.63, 3.8) is 0 Å². The number of aromatic hydroxyl groups is 2. The van der Waals surface area contributed by atoms with Crippen LogP contribution in [-0.2, 0) is 73.8 Å². The summed E-state index contributed by atoms with van der Waals surface area (Å²) in [5, 5.41) is 68.6. The first-order chi connectivity index (χ1) is 52.1. The highest BCUT2D eigenvalue weighted by atomic mass is 16.3. The van der Waals surface area contributed by atoms with Gasteiger partial charge in [-0.2, -0.15) is 0 Å². The number of fused-ring (bicyclic) bond motifs is 12. The average molecular weight is 1410 g/mol. The predicted octanol–water partition coefficient (Wildman–Crippen LogP) is 23.5. The summed E-state index contributed by atoms with van der Waals surface area (Å²) in [5.74, 6) is -0.0681. The fourth-order valence-corrected chi connectivity index (χ4v) is 19.7. The van der Waals surface area contributed by atoms with E-state index >= 15 is 0 Å². The minimum Gasteiger partial charge on any atom is -0.507 e.